The Hall–Kier alpha value is -3.41. The van der Waals surface area contributed by atoms with Gasteiger partial charge < -0.3 is 8.98 Å². The van der Waals surface area contributed by atoms with Gasteiger partial charge in [0.15, 0.2) is 0 Å². The lowest BCUT2D eigenvalue weighted by molar-refractivity contribution is 0.559. The van der Waals surface area contributed by atoms with Crippen LogP contribution in [0.2, 0.25) is 0 Å². The van der Waals surface area contributed by atoms with Gasteiger partial charge in [0.1, 0.15) is 5.58 Å². The number of anilines is 1. The summed E-state index contributed by atoms with van der Waals surface area (Å²) in [4.78, 5) is 16.7. The number of hydrogen-bond donors (Lipinski definition) is 1. The molecule has 0 radical (unpaired) electrons. The second kappa shape index (κ2) is 5.90. The maximum absolute atomic E-state index is 12.2. The van der Waals surface area contributed by atoms with Crippen LogP contribution in [0.15, 0.2) is 68.9 Å². The number of para-hydroxylation sites is 3. The van der Waals surface area contributed by atoms with E-state index >= 15 is 0 Å². The highest BCUT2D eigenvalue weighted by molar-refractivity contribution is 6.00. The second-order valence-electron chi connectivity index (χ2n) is 5.78. The molecule has 1 N–H and O–H groups in total. The first kappa shape index (κ1) is 15.1. The van der Waals surface area contributed by atoms with Crippen molar-refractivity contribution in [3.63, 3.8) is 0 Å². The maximum atomic E-state index is 12.2. The van der Waals surface area contributed by atoms with Gasteiger partial charge in [-0.3, -0.25) is 0 Å². The Kier molecular flexibility index (Phi) is 3.57. The number of hydrogen-bond acceptors (Lipinski definition) is 5. The summed E-state index contributed by atoms with van der Waals surface area (Å²) in [5.74, 6) is 0.603. The fourth-order valence-corrected chi connectivity index (χ4v) is 2.75. The molecule has 0 bridgehead atoms. The van der Waals surface area contributed by atoms with Gasteiger partial charge in [-0.15, -0.1) is 0 Å². The summed E-state index contributed by atoms with van der Waals surface area (Å²) in [5.41, 5.74) is 5.93. The van der Waals surface area contributed by atoms with E-state index in [4.69, 9.17) is 4.42 Å². The number of aromatic nitrogens is 2. The molecule has 0 saturated heterocycles. The molecule has 124 valence electrons. The summed E-state index contributed by atoms with van der Waals surface area (Å²) in [6, 6.07) is 17.0. The molecule has 0 spiro atoms. The van der Waals surface area contributed by atoms with Crippen LogP contribution in [0.4, 0.5) is 5.95 Å². The second-order valence-corrected chi connectivity index (χ2v) is 5.78. The van der Waals surface area contributed by atoms with E-state index in [9.17, 15) is 4.79 Å². The molecule has 4 rings (SSSR count). The molecule has 0 aliphatic heterocycles. The van der Waals surface area contributed by atoms with Gasteiger partial charge in [-0.1, -0.05) is 30.3 Å². The van der Waals surface area contributed by atoms with Crippen LogP contribution in [-0.4, -0.2) is 15.3 Å². The molecular weight excluding hydrogens is 316 g/mol. The molecule has 0 saturated carbocycles. The smallest absolute Gasteiger partial charge is 0.345 e. The third-order valence-electron chi connectivity index (χ3n) is 4.14. The van der Waals surface area contributed by atoms with Crippen LogP contribution in [-0.2, 0) is 7.05 Å². The zero-order chi connectivity index (χ0) is 17.4. The topological polar surface area (TPSA) is 72.4 Å². The van der Waals surface area contributed by atoms with E-state index in [2.05, 4.69) is 15.5 Å². The van der Waals surface area contributed by atoms with Gasteiger partial charge in [-0.2, -0.15) is 5.10 Å². The zero-order valence-corrected chi connectivity index (χ0v) is 13.9. The van der Waals surface area contributed by atoms with E-state index < -0.39 is 5.63 Å². The van der Waals surface area contributed by atoms with E-state index in [0.29, 0.717) is 22.8 Å². The number of fused-ring (bicyclic) bond motifs is 2. The number of nitrogens with zero attached hydrogens (tertiary/aromatic N) is 3. The van der Waals surface area contributed by atoms with Crippen LogP contribution < -0.4 is 11.1 Å². The SMILES string of the molecule is CC(=NNc1nc2ccccc2n1C)c1cc2ccccc2oc1=O. The summed E-state index contributed by atoms with van der Waals surface area (Å²) in [7, 11) is 1.91. The molecule has 4 aromatic rings. The number of hydrazone groups is 1. The predicted octanol–water partition coefficient (Wildman–Crippen LogP) is 3.52. The Balaban J connectivity index is 1.70. The zero-order valence-electron chi connectivity index (χ0n) is 13.9. The molecule has 6 heteroatoms. The van der Waals surface area contributed by atoms with E-state index in [1.165, 1.54) is 0 Å². The van der Waals surface area contributed by atoms with Crippen LogP contribution >= 0.6 is 0 Å². The van der Waals surface area contributed by atoms with E-state index in [1.54, 1.807) is 19.1 Å². The van der Waals surface area contributed by atoms with E-state index in [-0.39, 0.29) is 0 Å². The first-order valence-electron chi connectivity index (χ1n) is 7.88. The van der Waals surface area contributed by atoms with Crippen molar-refractivity contribution < 1.29 is 4.42 Å². The number of nitrogens with one attached hydrogen (secondary N) is 1. The van der Waals surface area contributed by atoms with Crippen LogP contribution in [0.1, 0.15) is 12.5 Å². The van der Waals surface area contributed by atoms with Gasteiger partial charge in [-0.05, 0) is 31.2 Å². The van der Waals surface area contributed by atoms with Crippen molar-refractivity contribution in [1.29, 1.82) is 0 Å². The highest BCUT2D eigenvalue weighted by Crippen LogP contribution is 2.18. The van der Waals surface area contributed by atoms with Crippen molar-refractivity contribution in [2.45, 2.75) is 6.92 Å². The Morgan fingerprint density at radius 1 is 1.16 bits per heavy atom. The minimum atomic E-state index is -0.410. The van der Waals surface area contributed by atoms with Crippen LogP contribution in [0.25, 0.3) is 22.0 Å². The van der Waals surface area contributed by atoms with E-state index in [0.717, 1.165) is 16.4 Å². The summed E-state index contributed by atoms with van der Waals surface area (Å²) >= 11 is 0. The molecule has 0 amide bonds. The number of benzene rings is 2. The third kappa shape index (κ3) is 2.67. The molecule has 25 heavy (non-hydrogen) atoms. The van der Waals surface area contributed by atoms with Crippen molar-refractivity contribution in [3.05, 3.63) is 70.6 Å². The first-order chi connectivity index (χ1) is 12.1. The summed E-state index contributed by atoms with van der Waals surface area (Å²) in [6.45, 7) is 1.76. The Morgan fingerprint density at radius 3 is 2.76 bits per heavy atom. The summed E-state index contributed by atoms with van der Waals surface area (Å²) < 4.78 is 7.26. The Morgan fingerprint density at radius 2 is 1.92 bits per heavy atom. The van der Waals surface area contributed by atoms with Crippen molar-refractivity contribution in [2.75, 3.05) is 5.43 Å². The molecule has 6 nitrogen and oxygen atoms in total. The molecule has 2 heterocycles. The molecule has 2 aromatic carbocycles. The lowest BCUT2D eigenvalue weighted by atomic mass is 10.1. The van der Waals surface area contributed by atoms with Crippen molar-refractivity contribution in [2.24, 2.45) is 12.1 Å². The molecule has 0 aliphatic rings. The maximum Gasteiger partial charge on any atom is 0.345 e. The predicted molar refractivity (Wildman–Crippen MR) is 99.0 cm³/mol. The molecule has 0 fully saturated rings. The Bertz CT molecular complexity index is 1170. The van der Waals surface area contributed by atoms with Crippen LogP contribution in [0, 0.1) is 0 Å². The standard InChI is InChI=1S/C19H16N4O2/c1-12(14-11-13-7-3-6-10-17(13)25-18(14)24)21-22-19-20-15-8-4-5-9-16(15)23(19)2/h3-11H,1-2H3,(H,20,22). The summed E-state index contributed by atoms with van der Waals surface area (Å²) in [6.07, 6.45) is 0. The number of rotatable bonds is 3. The van der Waals surface area contributed by atoms with Crippen molar-refractivity contribution in [3.8, 4) is 0 Å². The number of imidazole rings is 1. The van der Waals surface area contributed by atoms with Crippen molar-refractivity contribution in [1.82, 2.24) is 9.55 Å². The van der Waals surface area contributed by atoms with Crippen LogP contribution in [0.5, 0.6) is 0 Å². The molecule has 0 atom stereocenters. The molecular formula is C19H16N4O2. The lowest BCUT2D eigenvalue weighted by Crippen LogP contribution is -2.13. The lowest BCUT2D eigenvalue weighted by Gasteiger charge is -2.04. The fourth-order valence-electron chi connectivity index (χ4n) is 2.75. The average Bonchev–Trinajstić information content (AvgIpc) is 2.95. The highest BCUT2D eigenvalue weighted by Gasteiger charge is 2.10. The van der Waals surface area contributed by atoms with Gasteiger partial charge in [0.2, 0.25) is 5.95 Å². The van der Waals surface area contributed by atoms with Gasteiger partial charge in [0.05, 0.1) is 22.3 Å². The van der Waals surface area contributed by atoms with Gasteiger partial charge in [0, 0.05) is 12.4 Å². The largest absolute Gasteiger partial charge is 0.422 e. The summed E-state index contributed by atoms with van der Waals surface area (Å²) in [5, 5.41) is 5.17. The van der Waals surface area contributed by atoms with Gasteiger partial charge in [-0.25, -0.2) is 15.2 Å². The quantitative estimate of drug-likeness (QED) is 0.354. The minimum Gasteiger partial charge on any atom is -0.422 e. The fraction of sp³-hybridized carbons (Fsp3) is 0.105. The average molecular weight is 332 g/mol. The van der Waals surface area contributed by atoms with Crippen molar-refractivity contribution >= 4 is 33.7 Å². The van der Waals surface area contributed by atoms with E-state index in [1.807, 2.05) is 54.1 Å². The van der Waals surface area contributed by atoms with Crippen LogP contribution in [0.3, 0.4) is 0 Å². The monoisotopic (exact) mass is 332 g/mol. The third-order valence-corrected chi connectivity index (χ3v) is 4.14. The normalized spacial score (nSPS) is 12.0. The number of aryl methyl sites for hydroxylation is 1. The molecule has 2 aromatic heterocycles. The highest BCUT2D eigenvalue weighted by atomic mass is 16.4. The Labute approximate surface area is 143 Å². The van der Waals surface area contributed by atoms with Gasteiger partial charge in [0.25, 0.3) is 0 Å². The molecule has 0 aliphatic carbocycles. The molecule has 0 unspecified atom stereocenters. The minimum absolute atomic E-state index is 0.410. The first-order valence-corrected chi connectivity index (χ1v) is 7.88. The van der Waals surface area contributed by atoms with Gasteiger partial charge >= 0.3 is 5.63 Å².